The number of piperazine rings is 1. The number of nitrogens with two attached hydrogens (primary N) is 1. The number of carbonyl (C=O) groups excluding carboxylic acids is 1. The minimum Gasteiger partial charge on any atom is -0.398 e. The van der Waals surface area contributed by atoms with Gasteiger partial charge in [-0.05, 0) is 31.7 Å². The molecular formula is C14H21N3O2S. The van der Waals surface area contributed by atoms with E-state index in [2.05, 4.69) is 4.90 Å². The van der Waals surface area contributed by atoms with Gasteiger partial charge in [0.05, 0.1) is 10.8 Å². The number of nitrogens with zero attached hydrogens (tertiary/aromatic N) is 2. The van der Waals surface area contributed by atoms with Crippen LogP contribution in [0.25, 0.3) is 0 Å². The molecule has 2 N–H and O–H groups in total. The Morgan fingerprint density at radius 1 is 1.30 bits per heavy atom. The van der Waals surface area contributed by atoms with Crippen LogP contribution in [0.4, 0.5) is 5.69 Å². The lowest BCUT2D eigenvalue weighted by Crippen LogP contribution is -2.48. The molecule has 1 aromatic rings. The van der Waals surface area contributed by atoms with Crippen LogP contribution in [-0.4, -0.2) is 58.9 Å². The Labute approximate surface area is 122 Å². The van der Waals surface area contributed by atoms with E-state index in [4.69, 9.17) is 5.73 Å². The van der Waals surface area contributed by atoms with Crippen molar-refractivity contribution in [1.29, 1.82) is 0 Å². The van der Waals surface area contributed by atoms with Crippen LogP contribution in [0, 0.1) is 6.92 Å². The van der Waals surface area contributed by atoms with Crippen molar-refractivity contribution in [2.75, 3.05) is 44.7 Å². The molecule has 1 heterocycles. The molecule has 6 heteroatoms. The van der Waals surface area contributed by atoms with Crippen LogP contribution in [0.5, 0.6) is 0 Å². The molecule has 0 bridgehead atoms. The quantitative estimate of drug-likeness (QED) is 0.823. The lowest BCUT2D eigenvalue weighted by atomic mass is 10.2. The molecule has 0 aliphatic carbocycles. The summed E-state index contributed by atoms with van der Waals surface area (Å²) in [7, 11) is 0.707. The zero-order chi connectivity index (χ0) is 14.7. The summed E-state index contributed by atoms with van der Waals surface area (Å²) in [5.74, 6) is -0.00756. The van der Waals surface area contributed by atoms with E-state index in [1.54, 1.807) is 23.1 Å². The summed E-state index contributed by atoms with van der Waals surface area (Å²) in [6, 6.07) is 5.33. The van der Waals surface area contributed by atoms with Crippen molar-refractivity contribution < 1.29 is 9.00 Å². The normalized spacial score (nSPS) is 18.0. The second-order valence-corrected chi connectivity index (χ2v) is 6.56. The maximum absolute atomic E-state index is 12.3. The Kier molecular flexibility index (Phi) is 4.77. The molecule has 1 aliphatic heterocycles. The molecule has 1 aliphatic rings. The van der Waals surface area contributed by atoms with Crippen LogP contribution < -0.4 is 5.73 Å². The highest BCUT2D eigenvalue weighted by molar-refractivity contribution is 7.85. The molecule has 0 aromatic heterocycles. The van der Waals surface area contributed by atoms with E-state index >= 15 is 0 Å². The fourth-order valence-corrected chi connectivity index (χ4v) is 3.47. The van der Waals surface area contributed by atoms with Gasteiger partial charge in [-0.1, -0.05) is 6.07 Å². The van der Waals surface area contributed by atoms with Crippen LogP contribution in [0.1, 0.15) is 5.56 Å². The highest BCUT2D eigenvalue weighted by Gasteiger charge is 2.21. The fraction of sp³-hybridized carbons (Fsp3) is 0.500. The molecule has 2 rings (SSSR count). The molecule has 1 unspecified atom stereocenters. The number of hydrogen-bond acceptors (Lipinski definition) is 4. The number of rotatable bonds is 3. The molecule has 1 atom stereocenters. The number of benzene rings is 1. The molecule has 1 fully saturated rings. The highest BCUT2D eigenvalue weighted by atomic mass is 32.2. The highest BCUT2D eigenvalue weighted by Crippen LogP contribution is 2.19. The fourth-order valence-electron chi connectivity index (χ4n) is 2.22. The smallest absolute Gasteiger partial charge is 0.235 e. The van der Waals surface area contributed by atoms with Gasteiger partial charge in [-0.15, -0.1) is 0 Å². The SMILES string of the molecule is Cc1c(N)cccc1S(=O)CC(=O)N1CCN(C)CC1. The Morgan fingerprint density at radius 3 is 2.60 bits per heavy atom. The first-order valence-corrected chi connectivity index (χ1v) is 8.00. The van der Waals surface area contributed by atoms with Gasteiger partial charge in [0.15, 0.2) is 0 Å². The molecule has 0 saturated carbocycles. The minimum atomic E-state index is -1.33. The van der Waals surface area contributed by atoms with Gasteiger partial charge in [-0.3, -0.25) is 9.00 Å². The second-order valence-electron chi connectivity index (χ2n) is 5.14. The third kappa shape index (κ3) is 3.37. The predicted octanol–water partition coefficient (Wildman–Crippen LogP) is 0.459. The van der Waals surface area contributed by atoms with Crippen molar-refractivity contribution in [2.24, 2.45) is 0 Å². The maximum Gasteiger partial charge on any atom is 0.235 e. The van der Waals surface area contributed by atoms with E-state index < -0.39 is 10.8 Å². The third-order valence-corrected chi connectivity index (χ3v) is 5.12. The zero-order valence-electron chi connectivity index (χ0n) is 12.0. The number of amides is 1. The van der Waals surface area contributed by atoms with E-state index in [1.807, 2.05) is 14.0 Å². The summed E-state index contributed by atoms with van der Waals surface area (Å²) < 4.78 is 12.3. The van der Waals surface area contributed by atoms with Gasteiger partial charge >= 0.3 is 0 Å². The van der Waals surface area contributed by atoms with Gasteiger partial charge < -0.3 is 15.5 Å². The van der Waals surface area contributed by atoms with Gasteiger partial charge in [0.2, 0.25) is 5.91 Å². The average molecular weight is 295 g/mol. The van der Waals surface area contributed by atoms with Crippen LogP contribution in [0.15, 0.2) is 23.1 Å². The zero-order valence-corrected chi connectivity index (χ0v) is 12.8. The number of likely N-dealkylation sites (N-methyl/N-ethyl adjacent to an activating group) is 1. The van der Waals surface area contributed by atoms with E-state index in [-0.39, 0.29) is 11.7 Å². The van der Waals surface area contributed by atoms with E-state index in [0.29, 0.717) is 23.7 Å². The molecule has 0 spiro atoms. The van der Waals surface area contributed by atoms with Crippen LogP contribution in [0.3, 0.4) is 0 Å². The first kappa shape index (κ1) is 15.0. The third-order valence-electron chi connectivity index (χ3n) is 3.68. The lowest BCUT2D eigenvalue weighted by molar-refractivity contribution is -0.129. The van der Waals surface area contributed by atoms with Gasteiger partial charge in [-0.25, -0.2) is 0 Å². The van der Waals surface area contributed by atoms with E-state index in [0.717, 1.165) is 18.7 Å². The Bertz CT molecular complexity index is 525. The van der Waals surface area contributed by atoms with Crippen LogP contribution in [0.2, 0.25) is 0 Å². The number of anilines is 1. The van der Waals surface area contributed by atoms with Gasteiger partial charge in [0.25, 0.3) is 0 Å². The molecule has 20 heavy (non-hydrogen) atoms. The van der Waals surface area contributed by atoms with Crippen molar-refractivity contribution in [3.63, 3.8) is 0 Å². The maximum atomic E-state index is 12.3. The first-order chi connectivity index (χ1) is 9.49. The van der Waals surface area contributed by atoms with Gasteiger partial charge in [0.1, 0.15) is 5.75 Å². The lowest BCUT2D eigenvalue weighted by Gasteiger charge is -2.32. The van der Waals surface area contributed by atoms with Crippen molar-refractivity contribution in [2.45, 2.75) is 11.8 Å². The summed E-state index contributed by atoms with van der Waals surface area (Å²) in [6.07, 6.45) is 0. The number of nitrogen functional groups attached to an aromatic ring is 1. The monoisotopic (exact) mass is 295 g/mol. The predicted molar refractivity (Wildman–Crippen MR) is 80.9 cm³/mol. The summed E-state index contributed by atoms with van der Waals surface area (Å²) in [5, 5.41) is 0. The molecule has 1 amide bonds. The van der Waals surface area contributed by atoms with Crippen molar-refractivity contribution >= 4 is 22.4 Å². The Hall–Kier alpha value is -1.40. The van der Waals surface area contributed by atoms with Gasteiger partial charge in [0, 0.05) is 36.8 Å². The van der Waals surface area contributed by atoms with Crippen molar-refractivity contribution in [3.8, 4) is 0 Å². The Morgan fingerprint density at radius 2 is 1.95 bits per heavy atom. The molecule has 0 radical (unpaired) electrons. The summed E-state index contributed by atoms with van der Waals surface area (Å²) in [4.78, 5) is 16.8. The van der Waals surface area contributed by atoms with Crippen LogP contribution in [-0.2, 0) is 15.6 Å². The topological polar surface area (TPSA) is 66.6 Å². The van der Waals surface area contributed by atoms with Crippen molar-refractivity contribution in [3.05, 3.63) is 23.8 Å². The molecule has 5 nitrogen and oxygen atoms in total. The summed E-state index contributed by atoms with van der Waals surface area (Å²) in [5.41, 5.74) is 7.23. The molecular weight excluding hydrogens is 274 g/mol. The van der Waals surface area contributed by atoms with E-state index in [9.17, 15) is 9.00 Å². The number of carbonyl (C=O) groups is 1. The summed E-state index contributed by atoms with van der Waals surface area (Å²) in [6.45, 7) is 5.00. The van der Waals surface area contributed by atoms with E-state index in [1.165, 1.54) is 0 Å². The van der Waals surface area contributed by atoms with Gasteiger partial charge in [-0.2, -0.15) is 0 Å². The second kappa shape index (κ2) is 6.37. The molecule has 110 valence electrons. The standard InChI is InChI=1S/C14H21N3O2S/c1-11-12(15)4-3-5-13(11)20(19)10-14(18)17-8-6-16(2)7-9-17/h3-5H,6-10,15H2,1-2H3. The molecule has 1 saturated heterocycles. The first-order valence-electron chi connectivity index (χ1n) is 6.69. The largest absolute Gasteiger partial charge is 0.398 e. The Balaban J connectivity index is 2.01. The number of hydrogen-bond donors (Lipinski definition) is 1. The minimum absolute atomic E-state index is 0.0357. The molecule has 1 aromatic carbocycles. The van der Waals surface area contributed by atoms with Crippen LogP contribution >= 0.6 is 0 Å². The average Bonchev–Trinajstić information content (AvgIpc) is 2.42. The summed E-state index contributed by atoms with van der Waals surface area (Å²) >= 11 is 0. The van der Waals surface area contributed by atoms with Crippen molar-refractivity contribution in [1.82, 2.24) is 9.80 Å².